The summed E-state index contributed by atoms with van der Waals surface area (Å²) in [6.07, 6.45) is 2.68. The molecule has 0 spiro atoms. The highest BCUT2D eigenvalue weighted by Gasteiger charge is 2.06. The summed E-state index contributed by atoms with van der Waals surface area (Å²) in [7, 11) is 0. The first-order chi connectivity index (χ1) is 12.2. The smallest absolute Gasteiger partial charge is 0.328 e. The SMILES string of the molecule is O=C(O)C=Cc1ccccc1.O=C(c1ccccc1)c1ccccc1. The van der Waals surface area contributed by atoms with Gasteiger partial charge in [0.15, 0.2) is 5.78 Å². The van der Waals surface area contributed by atoms with Crippen molar-refractivity contribution in [2.24, 2.45) is 0 Å². The number of rotatable bonds is 4. The van der Waals surface area contributed by atoms with E-state index in [0.29, 0.717) is 0 Å². The molecule has 0 aromatic heterocycles. The van der Waals surface area contributed by atoms with Crippen LogP contribution in [0.25, 0.3) is 6.08 Å². The zero-order chi connectivity index (χ0) is 17.9. The van der Waals surface area contributed by atoms with Gasteiger partial charge in [-0.05, 0) is 11.6 Å². The van der Waals surface area contributed by atoms with Gasteiger partial charge in [-0.2, -0.15) is 0 Å². The molecule has 3 nitrogen and oxygen atoms in total. The largest absolute Gasteiger partial charge is 0.478 e. The normalized spacial score (nSPS) is 9.92. The van der Waals surface area contributed by atoms with E-state index >= 15 is 0 Å². The van der Waals surface area contributed by atoms with Gasteiger partial charge in [-0.1, -0.05) is 91.0 Å². The van der Waals surface area contributed by atoms with Crippen molar-refractivity contribution >= 4 is 17.8 Å². The van der Waals surface area contributed by atoms with E-state index in [2.05, 4.69) is 0 Å². The summed E-state index contributed by atoms with van der Waals surface area (Å²) in [6.45, 7) is 0. The Hall–Kier alpha value is -3.46. The second-order valence-electron chi connectivity index (χ2n) is 5.14. The summed E-state index contributed by atoms with van der Waals surface area (Å²) >= 11 is 0. The van der Waals surface area contributed by atoms with E-state index in [9.17, 15) is 9.59 Å². The molecule has 0 bridgehead atoms. The molecule has 0 fully saturated rings. The summed E-state index contributed by atoms with van der Waals surface area (Å²) < 4.78 is 0. The van der Waals surface area contributed by atoms with Crippen LogP contribution in [0.4, 0.5) is 0 Å². The van der Waals surface area contributed by atoms with Crippen LogP contribution in [0, 0.1) is 0 Å². The lowest BCUT2D eigenvalue weighted by molar-refractivity contribution is -0.131. The molecule has 3 heteroatoms. The second kappa shape index (κ2) is 9.63. The van der Waals surface area contributed by atoms with Crippen LogP contribution in [0.1, 0.15) is 21.5 Å². The number of carboxylic acid groups (broad SMARTS) is 1. The average molecular weight is 330 g/mol. The van der Waals surface area contributed by atoms with Gasteiger partial charge in [-0.3, -0.25) is 4.79 Å². The molecule has 0 saturated carbocycles. The van der Waals surface area contributed by atoms with Gasteiger partial charge in [0.1, 0.15) is 0 Å². The van der Waals surface area contributed by atoms with E-state index in [-0.39, 0.29) is 5.78 Å². The number of aliphatic carboxylic acids is 1. The first kappa shape index (κ1) is 17.9. The van der Waals surface area contributed by atoms with Gasteiger partial charge < -0.3 is 5.11 Å². The van der Waals surface area contributed by atoms with Crippen LogP contribution in [0.15, 0.2) is 97.1 Å². The molecule has 0 atom stereocenters. The highest BCUT2D eigenvalue weighted by Crippen LogP contribution is 2.08. The minimum absolute atomic E-state index is 0.0752. The molecule has 0 aliphatic rings. The summed E-state index contributed by atoms with van der Waals surface area (Å²) in [4.78, 5) is 21.9. The lowest BCUT2D eigenvalue weighted by Gasteiger charge is -1.99. The molecule has 0 heterocycles. The quantitative estimate of drug-likeness (QED) is 0.557. The van der Waals surface area contributed by atoms with Gasteiger partial charge in [0, 0.05) is 17.2 Å². The maximum Gasteiger partial charge on any atom is 0.328 e. The number of carbonyl (C=O) groups excluding carboxylic acids is 1. The zero-order valence-electron chi connectivity index (χ0n) is 13.6. The van der Waals surface area contributed by atoms with E-state index < -0.39 is 5.97 Å². The van der Waals surface area contributed by atoms with E-state index in [1.807, 2.05) is 91.0 Å². The molecule has 3 rings (SSSR count). The number of ketones is 1. The molecule has 0 amide bonds. The van der Waals surface area contributed by atoms with Crippen LogP contribution in [0.5, 0.6) is 0 Å². The lowest BCUT2D eigenvalue weighted by Crippen LogP contribution is -1.99. The molecule has 3 aromatic rings. The summed E-state index contributed by atoms with van der Waals surface area (Å²) in [6, 6.07) is 27.9. The Balaban J connectivity index is 0.000000186. The molecule has 0 aliphatic carbocycles. The fourth-order valence-corrected chi connectivity index (χ4v) is 2.08. The minimum atomic E-state index is -0.922. The molecule has 0 aliphatic heterocycles. The van der Waals surface area contributed by atoms with Crippen LogP contribution in [0.2, 0.25) is 0 Å². The maximum absolute atomic E-state index is 11.8. The number of hydrogen-bond acceptors (Lipinski definition) is 2. The summed E-state index contributed by atoms with van der Waals surface area (Å²) in [5.74, 6) is -0.847. The van der Waals surface area contributed by atoms with E-state index in [4.69, 9.17) is 5.11 Å². The third-order valence-electron chi connectivity index (χ3n) is 3.29. The van der Waals surface area contributed by atoms with Crippen molar-refractivity contribution in [3.8, 4) is 0 Å². The van der Waals surface area contributed by atoms with Gasteiger partial charge in [0.25, 0.3) is 0 Å². The van der Waals surface area contributed by atoms with E-state index in [1.165, 1.54) is 0 Å². The molecule has 0 radical (unpaired) electrons. The Morgan fingerprint density at radius 1 is 0.640 bits per heavy atom. The van der Waals surface area contributed by atoms with Crippen LogP contribution in [0.3, 0.4) is 0 Å². The highest BCUT2D eigenvalue weighted by molar-refractivity contribution is 6.08. The number of carboxylic acids is 1. The first-order valence-electron chi connectivity index (χ1n) is 7.77. The number of carbonyl (C=O) groups is 2. The third kappa shape index (κ3) is 6.28. The molecule has 1 N–H and O–H groups in total. The monoisotopic (exact) mass is 330 g/mol. The Morgan fingerprint density at radius 3 is 1.44 bits per heavy atom. The third-order valence-corrected chi connectivity index (χ3v) is 3.29. The van der Waals surface area contributed by atoms with Gasteiger partial charge >= 0.3 is 5.97 Å². The predicted molar refractivity (Wildman–Crippen MR) is 99.4 cm³/mol. The number of benzene rings is 3. The Morgan fingerprint density at radius 2 is 1.04 bits per heavy atom. The van der Waals surface area contributed by atoms with E-state index in [0.717, 1.165) is 22.8 Å². The van der Waals surface area contributed by atoms with Crippen molar-refractivity contribution in [2.75, 3.05) is 0 Å². The van der Waals surface area contributed by atoms with E-state index in [1.54, 1.807) is 6.08 Å². The Labute approximate surface area is 146 Å². The maximum atomic E-state index is 11.8. The van der Waals surface area contributed by atoms with Crippen LogP contribution in [-0.4, -0.2) is 16.9 Å². The first-order valence-corrected chi connectivity index (χ1v) is 7.77. The molecule has 124 valence electrons. The zero-order valence-corrected chi connectivity index (χ0v) is 13.6. The Bertz CT molecular complexity index is 781. The number of hydrogen-bond donors (Lipinski definition) is 1. The van der Waals surface area contributed by atoms with Crippen LogP contribution >= 0.6 is 0 Å². The van der Waals surface area contributed by atoms with Crippen molar-refractivity contribution in [3.63, 3.8) is 0 Å². The van der Waals surface area contributed by atoms with Crippen molar-refractivity contribution in [2.45, 2.75) is 0 Å². The molecule has 0 unspecified atom stereocenters. The highest BCUT2D eigenvalue weighted by atomic mass is 16.4. The van der Waals surface area contributed by atoms with Gasteiger partial charge in [-0.25, -0.2) is 4.79 Å². The topological polar surface area (TPSA) is 54.4 Å². The minimum Gasteiger partial charge on any atom is -0.478 e. The molecular weight excluding hydrogens is 312 g/mol. The predicted octanol–water partition coefficient (Wildman–Crippen LogP) is 4.70. The molecule has 25 heavy (non-hydrogen) atoms. The van der Waals surface area contributed by atoms with Gasteiger partial charge in [0.05, 0.1) is 0 Å². The molecule has 0 saturated heterocycles. The second-order valence-corrected chi connectivity index (χ2v) is 5.14. The van der Waals surface area contributed by atoms with Gasteiger partial charge in [-0.15, -0.1) is 0 Å². The van der Waals surface area contributed by atoms with Crippen LogP contribution in [-0.2, 0) is 4.79 Å². The lowest BCUT2D eigenvalue weighted by atomic mass is 10.0. The fourth-order valence-electron chi connectivity index (χ4n) is 2.08. The standard InChI is InChI=1S/C13H10O.C9H8O2/c14-13(11-7-3-1-4-8-11)12-9-5-2-6-10-12;10-9(11)7-6-8-4-2-1-3-5-8/h1-10H;1-7H,(H,10,11). The molecule has 3 aromatic carbocycles. The summed E-state index contributed by atoms with van der Waals surface area (Å²) in [5, 5.41) is 8.29. The molecular formula is C22H18O3. The van der Waals surface area contributed by atoms with Crippen molar-refractivity contribution in [1.82, 2.24) is 0 Å². The average Bonchev–Trinajstić information content (AvgIpc) is 2.68. The summed E-state index contributed by atoms with van der Waals surface area (Å²) in [5.41, 5.74) is 2.37. The Kier molecular flexibility index (Phi) is 6.89. The van der Waals surface area contributed by atoms with Crippen molar-refractivity contribution in [3.05, 3.63) is 114 Å². The van der Waals surface area contributed by atoms with Crippen molar-refractivity contribution in [1.29, 1.82) is 0 Å². The van der Waals surface area contributed by atoms with Crippen molar-refractivity contribution < 1.29 is 14.7 Å². The van der Waals surface area contributed by atoms with Gasteiger partial charge in [0.2, 0.25) is 0 Å². The fraction of sp³-hybridized carbons (Fsp3) is 0. The van der Waals surface area contributed by atoms with Crippen LogP contribution < -0.4 is 0 Å².